The number of aromatic nitrogens is 2. The van der Waals surface area contributed by atoms with Crippen LogP contribution in [0.15, 0.2) is 39.6 Å². The predicted molar refractivity (Wildman–Crippen MR) is 125 cm³/mol. The van der Waals surface area contributed by atoms with Crippen LogP contribution in [-0.2, 0) is 0 Å². The Morgan fingerprint density at radius 1 is 1.04 bits per heavy atom. The van der Waals surface area contributed by atoms with E-state index < -0.39 is 0 Å². The fourth-order valence-electron chi connectivity index (χ4n) is 3.26. The van der Waals surface area contributed by atoms with Gasteiger partial charge in [0.05, 0.1) is 5.52 Å². The number of hydrogen-bond acceptors (Lipinski definition) is 4. The summed E-state index contributed by atoms with van der Waals surface area (Å²) in [6.45, 7) is 6.30. The molecule has 0 aliphatic heterocycles. The third kappa shape index (κ3) is 5.23. The third-order valence-electron chi connectivity index (χ3n) is 4.86. The highest BCUT2D eigenvalue weighted by Gasteiger charge is 2.14. The minimum Gasteiger partial charge on any atom is -0.342 e. The summed E-state index contributed by atoms with van der Waals surface area (Å²) in [5.41, 5.74) is 1.86. The maximum absolute atomic E-state index is 12.7. The molecule has 0 fully saturated rings. The van der Waals surface area contributed by atoms with E-state index in [9.17, 15) is 4.79 Å². The first kappa shape index (κ1) is 21.1. The van der Waals surface area contributed by atoms with Crippen LogP contribution in [0.4, 0.5) is 5.95 Å². The molecule has 0 spiro atoms. The number of benzene rings is 1. The number of rotatable bonds is 10. The number of aromatic amines is 1. The molecule has 2 aromatic heterocycles. The zero-order chi connectivity index (χ0) is 19.9. The molecular weight excluding hydrogens is 434 g/mol. The van der Waals surface area contributed by atoms with E-state index in [-0.39, 0.29) is 5.56 Å². The number of fused-ring (bicyclic) bond motifs is 1. The summed E-state index contributed by atoms with van der Waals surface area (Å²) in [7, 11) is 0. The summed E-state index contributed by atoms with van der Waals surface area (Å²) in [6.07, 6.45) is 7.02. The van der Waals surface area contributed by atoms with Crippen molar-refractivity contribution in [3.8, 4) is 10.4 Å². The minimum absolute atomic E-state index is 0.0376. The van der Waals surface area contributed by atoms with Gasteiger partial charge in [-0.2, -0.15) is 0 Å². The second-order valence-corrected chi connectivity index (χ2v) is 9.09. The van der Waals surface area contributed by atoms with Gasteiger partial charge in [0.25, 0.3) is 5.56 Å². The lowest BCUT2D eigenvalue weighted by atomic mass is 10.2. The number of nitrogens with zero attached hydrogens (tertiary/aromatic N) is 2. The van der Waals surface area contributed by atoms with E-state index in [1.165, 1.54) is 37.0 Å². The van der Waals surface area contributed by atoms with Crippen molar-refractivity contribution in [1.82, 2.24) is 9.97 Å². The zero-order valence-corrected chi connectivity index (χ0v) is 19.0. The normalized spacial score (nSPS) is 11.2. The lowest BCUT2D eigenvalue weighted by molar-refractivity contribution is 0.626. The first-order valence-corrected chi connectivity index (χ1v) is 11.8. The molecule has 1 aromatic carbocycles. The lowest BCUT2D eigenvalue weighted by Crippen LogP contribution is -2.29. The van der Waals surface area contributed by atoms with Gasteiger partial charge in [-0.25, -0.2) is 4.98 Å². The van der Waals surface area contributed by atoms with Crippen LogP contribution < -0.4 is 10.5 Å². The first-order chi connectivity index (χ1) is 13.6. The summed E-state index contributed by atoms with van der Waals surface area (Å²) in [5, 5.41) is 0. The topological polar surface area (TPSA) is 49.0 Å². The minimum atomic E-state index is -0.0376. The average molecular weight is 462 g/mol. The van der Waals surface area contributed by atoms with Gasteiger partial charge < -0.3 is 4.90 Å². The molecule has 4 nitrogen and oxygen atoms in total. The van der Waals surface area contributed by atoms with Gasteiger partial charge in [0, 0.05) is 22.4 Å². The van der Waals surface area contributed by atoms with E-state index in [0.717, 1.165) is 46.4 Å². The Morgan fingerprint density at radius 3 is 2.29 bits per heavy atom. The number of thiophene rings is 1. The molecule has 1 N–H and O–H groups in total. The van der Waals surface area contributed by atoms with Crippen molar-refractivity contribution in [3.63, 3.8) is 0 Å². The Kier molecular flexibility index (Phi) is 7.68. The molecule has 28 heavy (non-hydrogen) atoms. The monoisotopic (exact) mass is 461 g/mol. The molecule has 0 saturated carbocycles. The molecule has 150 valence electrons. The molecule has 0 bridgehead atoms. The van der Waals surface area contributed by atoms with Gasteiger partial charge in [0.1, 0.15) is 4.70 Å². The van der Waals surface area contributed by atoms with Crippen molar-refractivity contribution in [2.45, 2.75) is 52.4 Å². The van der Waals surface area contributed by atoms with Crippen LogP contribution in [0.25, 0.3) is 20.7 Å². The van der Waals surface area contributed by atoms with Crippen LogP contribution in [0.2, 0.25) is 0 Å². The summed E-state index contributed by atoms with van der Waals surface area (Å²) >= 11 is 4.98. The summed E-state index contributed by atoms with van der Waals surface area (Å²) in [4.78, 5) is 23.9. The maximum Gasteiger partial charge on any atom is 0.270 e. The molecule has 0 unspecified atom stereocenters. The van der Waals surface area contributed by atoms with Crippen molar-refractivity contribution >= 4 is 43.4 Å². The number of anilines is 1. The van der Waals surface area contributed by atoms with Gasteiger partial charge in [0.15, 0.2) is 0 Å². The van der Waals surface area contributed by atoms with E-state index in [2.05, 4.69) is 51.8 Å². The number of unbranched alkanes of at least 4 members (excludes halogenated alkanes) is 4. The average Bonchev–Trinajstić information content (AvgIpc) is 3.12. The van der Waals surface area contributed by atoms with E-state index >= 15 is 0 Å². The van der Waals surface area contributed by atoms with Gasteiger partial charge in [-0.15, -0.1) is 11.3 Å². The van der Waals surface area contributed by atoms with Crippen molar-refractivity contribution in [3.05, 3.63) is 45.2 Å². The molecule has 2 heterocycles. The standard InChI is InChI=1S/C22H28BrN3OS/c1-3-5-7-13-26(14-8-6-4-2)22-24-18-15-19(28-20(18)21(27)25-22)16-9-11-17(23)12-10-16/h9-12,15H,3-8,13-14H2,1-2H3,(H,24,25,27). The molecule has 0 saturated heterocycles. The molecule has 0 radical (unpaired) electrons. The van der Waals surface area contributed by atoms with E-state index in [4.69, 9.17) is 4.98 Å². The highest BCUT2D eigenvalue weighted by molar-refractivity contribution is 9.10. The van der Waals surface area contributed by atoms with Gasteiger partial charge in [-0.05, 0) is 36.6 Å². The zero-order valence-electron chi connectivity index (χ0n) is 16.6. The second-order valence-electron chi connectivity index (χ2n) is 7.12. The number of nitrogens with one attached hydrogen (secondary N) is 1. The summed E-state index contributed by atoms with van der Waals surface area (Å²) < 4.78 is 1.74. The van der Waals surface area contributed by atoms with E-state index in [1.54, 1.807) is 0 Å². The molecule has 0 aliphatic carbocycles. The first-order valence-electron chi connectivity index (χ1n) is 10.2. The number of H-pyrrole nitrogens is 1. The molecule has 3 rings (SSSR count). The van der Waals surface area contributed by atoms with Crippen molar-refractivity contribution in [1.29, 1.82) is 0 Å². The van der Waals surface area contributed by atoms with Crippen LogP contribution in [-0.4, -0.2) is 23.1 Å². The second kappa shape index (κ2) is 10.2. The molecule has 0 amide bonds. The largest absolute Gasteiger partial charge is 0.342 e. The van der Waals surface area contributed by atoms with E-state index in [1.807, 2.05) is 18.2 Å². The Labute approximate surface area is 179 Å². The van der Waals surface area contributed by atoms with Gasteiger partial charge >= 0.3 is 0 Å². The van der Waals surface area contributed by atoms with Crippen LogP contribution in [0.3, 0.4) is 0 Å². The SMILES string of the molecule is CCCCCN(CCCCC)c1nc2cc(-c3ccc(Br)cc3)sc2c(=O)[nH]1. The Morgan fingerprint density at radius 2 is 1.68 bits per heavy atom. The molecular formula is C22H28BrN3OS. The highest BCUT2D eigenvalue weighted by atomic mass is 79.9. The van der Waals surface area contributed by atoms with E-state index in [0.29, 0.717) is 10.6 Å². The molecule has 0 aliphatic rings. The number of halogens is 1. The smallest absolute Gasteiger partial charge is 0.270 e. The molecule has 0 atom stereocenters. The van der Waals surface area contributed by atoms with Gasteiger partial charge in [0.2, 0.25) is 5.95 Å². The fraction of sp³-hybridized carbons (Fsp3) is 0.455. The highest BCUT2D eigenvalue weighted by Crippen LogP contribution is 2.32. The quantitative estimate of drug-likeness (QED) is 0.345. The van der Waals surface area contributed by atoms with Gasteiger partial charge in [-0.3, -0.25) is 9.78 Å². The Bertz CT molecular complexity index is 939. The van der Waals surface area contributed by atoms with Crippen LogP contribution in [0.1, 0.15) is 52.4 Å². The molecule has 3 aromatic rings. The lowest BCUT2D eigenvalue weighted by Gasteiger charge is -2.23. The van der Waals surface area contributed by atoms with Gasteiger partial charge in [-0.1, -0.05) is 67.6 Å². The van der Waals surface area contributed by atoms with Crippen molar-refractivity contribution < 1.29 is 0 Å². The van der Waals surface area contributed by atoms with Crippen molar-refractivity contribution in [2.75, 3.05) is 18.0 Å². The summed E-state index contributed by atoms with van der Waals surface area (Å²) in [5.74, 6) is 0.713. The predicted octanol–water partition coefficient (Wildman–Crippen LogP) is 6.60. The maximum atomic E-state index is 12.7. The summed E-state index contributed by atoms with van der Waals surface area (Å²) in [6, 6.07) is 10.2. The van der Waals surface area contributed by atoms with Crippen LogP contribution >= 0.6 is 27.3 Å². The fourth-order valence-corrected chi connectivity index (χ4v) is 4.52. The Hall–Kier alpha value is -1.66. The Balaban J connectivity index is 1.91. The molecule has 6 heteroatoms. The third-order valence-corrected chi connectivity index (χ3v) is 6.56. The number of hydrogen-bond donors (Lipinski definition) is 1. The van der Waals surface area contributed by atoms with Crippen molar-refractivity contribution in [2.24, 2.45) is 0 Å². The van der Waals surface area contributed by atoms with Crippen LogP contribution in [0.5, 0.6) is 0 Å². The van der Waals surface area contributed by atoms with Crippen LogP contribution in [0, 0.1) is 0 Å².